The molecule has 0 bridgehead atoms. The van der Waals surface area contributed by atoms with Gasteiger partial charge >= 0.3 is 5.97 Å². The van der Waals surface area contributed by atoms with Crippen LogP contribution in [0.1, 0.15) is 40.8 Å². The summed E-state index contributed by atoms with van der Waals surface area (Å²) >= 11 is 6.36. The van der Waals surface area contributed by atoms with Crippen molar-refractivity contribution >= 4 is 17.6 Å². The Balaban J connectivity index is 0.000000293. The Labute approximate surface area is 233 Å². The minimum absolute atomic E-state index is 0.385. The van der Waals surface area contributed by atoms with Gasteiger partial charge in [0.05, 0.1) is 6.61 Å². The Hall–Kier alpha value is -2.82. The molecule has 1 aliphatic heterocycles. The number of halogens is 1. The molecule has 1 saturated heterocycles. The predicted octanol–water partition coefficient (Wildman–Crippen LogP) is 2.65. The fourth-order valence-electron chi connectivity index (χ4n) is 4.35. The van der Waals surface area contributed by atoms with E-state index >= 15 is 0 Å². The van der Waals surface area contributed by atoms with Crippen LogP contribution in [0.4, 0.5) is 0 Å². The van der Waals surface area contributed by atoms with Gasteiger partial charge in [-0.05, 0) is 53.1 Å². The number of nitrogens with two attached hydrogens (primary N) is 1. The molecule has 39 heavy (non-hydrogen) atoms. The Morgan fingerprint density at radius 1 is 0.923 bits per heavy atom. The molecule has 3 aromatic carbocycles. The number of hydrogen-bond acceptors (Lipinski definition) is 7. The van der Waals surface area contributed by atoms with Gasteiger partial charge in [-0.15, -0.1) is 0 Å². The second-order valence-corrected chi connectivity index (χ2v) is 9.99. The highest BCUT2D eigenvalue weighted by Gasteiger charge is 2.44. The third-order valence-corrected chi connectivity index (χ3v) is 7.10. The van der Waals surface area contributed by atoms with Gasteiger partial charge in [0, 0.05) is 5.02 Å². The van der Waals surface area contributed by atoms with Crippen LogP contribution in [0, 0.1) is 0 Å². The van der Waals surface area contributed by atoms with Crippen molar-refractivity contribution in [2.45, 2.75) is 62.7 Å². The number of aliphatic hydroxyl groups excluding tert-OH is 4. The summed E-state index contributed by atoms with van der Waals surface area (Å²) in [5.74, 6) is -0.959. The number of carbonyl (C=O) groups is 1. The third-order valence-electron chi connectivity index (χ3n) is 6.73. The first kappa shape index (κ1) is 30.7. The zero-order chi connectivity index (χ0) is 28.5. The zero-order valence-electron chi connectivity index (χ0n) is 21.7. The number of carboxylic acid groups (broad SMARTS) is 1. The quantitative estimate of drug-likeness (QED) is 0.247. The van der Waals surface area contributed by atoms with Gasteiger partial charge < -0.3 is 36.0 Å². The van der Waals surface area contributed by atoms with Crippen LogP contribution >= 0.6 is 11.6 Å². The number of aliphatic carboxylic acids is 1. The smallest absolute Gasteiger partial charge is 0.320 e. The predicted molar refractivity (Wildman–Crippen MR) is 149 cm³/mol. The van der Waals surface area contributed by atoms with Crippen LogP contribution in [0.5, 0.6) is 0 Å². The topological polar surface area (TPSA) is 153 Å². The molecule has 0 unspecified atom stereocenters. The standard InChI is InChI=1S/C21H25ClO5.C9H11NO2/c1-2-12-3-5-13(6-4-12)9-15-10-14(7-8-16(15)22)21-20(26)19(25)18(24)17(11-23)27-21;10-8(9(11)12)6-7-4-2-1-3-5-7/h3-8,10,17-21,23-26H,2,9,11H2,1H3;1-5,8H,6,10H2,(H,11,12)/t17-,18-,19+,20-,21+;8-/m10/s1. The van der Waals surface area contributed by atoms with Gasteiger partial charge in [-0.25, -0.2) is 0 Å². The molecule has 0 saturated carbocycles. The summed E-state index contributed by atoms with van der Waals surface area (Å²) in [6, 6.07) is 22.1. The highest BCUT2D eigenvalue weighted by Crippen LogP contribution is 2.34. The van der Waals surface area contributed by atoms with Crippen LogP contribution in [0.3, 0.4) is 0 Å². The fraction of sp³-hybridized carbons (Fsp3) is 0.367. The Morgan fingerprint density at radius 3 is 2.15 bits per heavy atom. The third kappa shape index (κ3) is 8.33. The second-order valence-electron chi connectivity index (χ2n) is 9.58. The molecule has 3 aromatic rings. The highest BCUT2D eigenvalue weighted by molar-refractivity contribution is 6.31. The molecular formula is C30H36ClNO7. The molecule has 210 valence electrons. The molecule has 0 spiro atoms. The number of rotatable bonds is 8. The maximum atomic E-state index is 10.4. The molecular weight excluding hydrogens is 522 g/mol. The number of aliphatic hydroxyl groups is 4. The van der Waals surface area contributed by atoms with Gasteiger partial charge in [0.2, 0.25) is 0 Å². The summed E-state index contributed by atoms with van der Waals surface area (Å²) < 4.78 is 5.64. The molecule has 1 aliphatic rings. The monoisotopic (exact) mass is 557 g/mol. The molecule has 1 heterocycles. The fourth-order valence-corrected chi connectivity index (χ4v) is 4.54. The highest BCUT2D eigenvalue weighted by atomic mass is 35.5. The molecule has 9 heteroatoms. The number of hydrogen-bond donors (Lipinski definition) is 6. The van der Waals surface area contributed by atoms with Gasteiger partial charge in [-0.1, -0.05) is 85.3 Å². The molecule has 6 atom stereocenters. The maximum Gasteiger partial charge on any atom is 0.320 e. The normalized spacial score (nSPS) is 23.4. The van der Waals surface area contributed by atoms with Crippen molar-refractivity contribution in [2.24, 2.45) is 5.73 Å². The molecule has 4 rings (SSSR count). The van der Waals surface area contributed by atoms with Crippen LogP contribution < -0.4 is 5.73 Å². The van der Waals surface area contributed by atoms with Crippen LogP contribution in [0.25, 0.3) is 0 Å². The van der Waals surface area contributed by atoms with Gasteiger partial charge in [0.25, 0.3) is 0 Å². The summed E-state index contributed by atoms with van der Waals surface area (Å²) in [6.45, 7) is 1.65. The lowest BCUT2D eigenvalue weighted by Crippen LogP contribution is -2.55. The van der Waals surface area contributed by atoms with Crippen molar-refractivity contribution in [3.05, 3.63) is 106 Å². The number of carboxylic acids is 1. The van der Waals surface area contributed by atoms with Gasteiger partial charge in [-0.2, -0.15) is 0 Å². The van der Waals surface area contributed by atoms with E-state index in [-0.39, 0.29) is 0 Å². The molecule has 0 radical (unpaired) electrons. The van der Waals surface area contributed by atoms with Crippen LogP contribution in [0.2, 0.25) is 5.02 Å². The molecule has 7 N–H and O–H groups in total. The summed E-state index contributed by atoms with van der Waals surface area (Å²) in [4.78, 5) is 10.4. The average molecular weight is 558 g/mol. The molecule has 0 aromatic heterocycles. The van der Waals surface area contributed by atoms with Crippen molar-refractivity contribution in [1.82, 2.24) is 0 Å². The van der Waals surface area contributed by atoms with E-state index in [1.807, 2.05) is 36.4 Å². The van der Waals surface area contributed by atoms with E-state index in [4.69, 9.17) is 27.2 Å². The van der Waals surface area contributed by atoms with Crippen molar-refractivity contribution in [1.29, 1.82) is 0 Å². The number of ether oxygens (including phenoxy) is 1. The van der Waals surface area contributed by atoms with E-state index in [1.54, 1.807) is 12.1 Å². The van der Waals surface area contributed by atoms with E-state index in [0.29, 0.717) is 23.4 Å². The van der Waals surface area contributed by atoms with Gasteiger partial charge in [0.1, 0.15) is 36.6 Å². The first-order chi connectivity index (χ1) is 18.6. The lowest BCUT2D eigenvalue weighted by molar-refractivity contribution is -0.231. The summed E-state index contributed by atoms with van der Waals surface area (Å²) in [5.41, 5.74) is 10.2. The second kappa shape index (κ2) is 14.5. The lowest BCUT2D eigenvalue weighted by atomic mass is 9.90. The number of benzene rings is 3. The molecule has 8 nitrogen and oxygen atoms in total. The van der Waals surface area contributed by atoms with E-state index in [0.717, 1.165) is 23.1 Å². The summed E-state index contributed by atoms with van der Waals surface area (Å²) in [6.07, 6.45) is -3.89. The molecule has 1 fully saturated rings. The zero-order valence-corrected chi connectivity index (χ0v) is 22.5. The van der Waals surface area contributed by atoms with Crippen LogP contribution in [0.15, 0.2) is 72.8 Å². The van der Waals surface area contributed by atoms with E-state index in [9.17, 15) is 25.2 Å². The first-order valence-corrected chi connectivity index (χ1v) is 13.2. The van der Waals surface area contributed by atoms with E-state index < -0.39 is 49.1 Å². The van der Waals surface area contributed by atoms with Gasteiger partial charge in [-0.3, -0.25) is 4.79 Å². The van der Waals surface area contributed by atoms with Crippen molar-refractivity contribution in [3.8, 4) is 0 Å². The van der Waals surface area contributed by atoms with Crippen LogP contribution in [-0.4, -0.2) is 68.6 Å². The average Bonchev–Trinajstić information content (AvgIpc) is 2.94. The van der Waals surface area contributed by atoms with E-state index in [2.05, 4.69) is 31.2 Å². The van der Waals surface area contributed by atoms with Crippen molar-refractivity contribution < 1.29 is 35.1 Å². The van der Waals surface area contributed by atoms with Crippen LogP contribution in [-0.2, 0) is 28.8 Å². The van der Waals surface area contributed by atoms with Gasteiger partial charge in [0.15, 0.2) is 0 Å². The lowest BCUT2D eigenvalue weighted by Gasteiger charge is -2.40. The molecule has 0 aliphatic carbocycles. The Kier molecular flexibility index (Phi) is 11.4. The molecule has 0 amide bonds. The van der Waals surface area contributed by atoms with E-state index in [1.165, 1.54) is 5.56 Å². The first-order valence-electron chi connectivity index (χ1n) is 12.8. The minimum atomic E-state index is -1.40. The SMILES string of the molecule is CCc1ccc(Cc2cc([C@@H]3O[C@H](CO)[C@@H](O)[C@H](O)[C@H]3O)ccc2Cl)cc1.N[C@@H](Cc1ccccc1)C(=O)O. The minimum Gasteiger partial charge on any atom is -0.480 e. The van der Waals surface area contributed by atoms with Crippen molar-refractivity contribution in [2.75, 3.05) is 6.61 Å². The number of aryl methyl sites for hydroxylation is 1. The Morgan fingerprint density at radius 2 is 1.56 bits per heavy atom. The largest absolute Gasteiger partial charge is 0.480 e. The maximum absolute atomic E-state index is 10.4. The van der Waals surface area contributed by atoms with Crippen molar-refractivity contribution in [3.63, 3.8) is 0 Å². The summed E-state index contributed by atoms with van der Waals surface area (Å²) in [5, 5.41) is 48.8. The summed E-state index contributed by atoms with van der Waals surface area (Å²) in [7, 11) is 0. The Bertz CT molecular complexity index is 1190.